The molecule has 0 atom stereocenters. The summed E-state index contributed by atoms with van der Waals surface area (Å²) in [6.45, 7) is 7.35. The van der Waals surface area contributed by atoms with Gasteiger partial charge in [0.25, 0.3) is 0 Å². The maximum Gasteiger partial charge on any atom is 0.126 e. The predicted molar refractivity (Wildman–Crippen MR) is 204 cm³/mol. The number of benzene rings is 4. The second kappa shape index (κ2) is 20.5. The van der Waals surface area contributed by atoms with Gasteiger partial charge >= 0.3 is 0 Å². The standard InChI is InChI=1S/C44H52O10/c1-5-33-29-34-6-2-11-39-32-40-12-4-8-36-30-35-7-3-10-38(43(35)53-27-23-49-19-15-46-16-20-50-24-28-54-44(36)40)31-37(9-1)41(33)51-25-21-47-17-13-45-14-18-48-22-26-52-42(34)39/h1-12H,13-32H2. The van der Waals surface area contributed by atoms with Crippen LogP contribution in [0.1, 0.15) is 44.5 Å². The largest absolute Gasteiger partial charge is 0.491 e. The summed E-state index contributed by atoms with van der Waals surface area (Å²) >= 11 is 0. The number of rotatable bonds is 0. The van der Waals surface area contributed by atoms with Crippen LogP contribution in [-0.2, 0) is 54.1 Å². The molecule has 1 aliphatic carbocycles. The summed E-state index contributed by atoms with van der Waals surface area (Å²) in [5.41, 5.74) is 8.57. The molecule has 0 radical (unpaired) electrons. The molecule has 7 rings (SSSR count). The highest BCUT2D eigenvalue weighted by molar-refractivity contribution is 5.56. The molecule has 54 heavy (non-hydrogen) atoms. The smallest absolute Gasteiger partial charge is 0.126 e. The predicted octanol–water partition coefficient (Wildman–Crippen LogP) is 6.01. The van der Waals surface area contributed by atoms with Crippen LogP contribution in [0.3, 0.4) is 0 Å². The Kier molecular flexibility index (Phi) is 14.5. The van der Waals surface area contributed by atoms with E-state index in [2.05, 4.69) is 72.8 Å². The Labute approximate surface area is 318 Å². The first kappa shape index (κ1) is 38.1. The van der Waals surface area contributed by atoms with Gasteiger partial charge in [-0.1, -0.05) is 72.8 Å². The Bertz CT molecular complexity index is 1520. The highest BCUT2D eigenvalue weighted by Gasteiger charge is 2.22. The van der Waals surface area contributed by atoms with Crippen LogP contribution in [0, 0.1) is 0 Å². The van der Waals surface area contributed by atoms with Gasteiger partial charge < -0.3 is 47.4 Å². The van der Waals surface area contributed by atoms with Gasteiger partial charge in [0, 0.05) is 25.7 Å². The lowest BCUT2D eigenvalue weighted by molar-refractivity contribution is 0.00464. The molecule has 0 N–H and O–H groups in total. The second-order valence-corrected chi connectivity index (χ2v) is 13.4. The molecule has 0 fully saturated rings. The first-order chi connectivity index (χ1) is 26.8. The molecule has 2 heterocycles. The van der Waals surface area contributed by atoms with Crippen LogP contribution in [-0.4, -0.2) is 106 Å². The zero-order chi connectivity index (χ0) is 36.6. The summed E-state index contributed by atoms with van der Waals surface area (Å²) < 4.78 is 61.5. The lowest BCUT2D eigenvalue weighted by atomic mass is 9.91. The Morgan fingerprint density at radius 2 is 0.389 bits per heavy atom. The van der Waals surface area contributed by atoms with E-state index in [0.717, 1.165) is 67.5 Å². The Balaban J connectivity index is 1.35. The molecule has 0 amide bonds. The zero-order valence-corrected chi connectivity index (χ0v) is 31.2. The van der Waals surface area contributed by atoms with E-state index in [1.807, 2.05) is 0 Å². The normalized spacial score (nSPS) is 18.5. The Morgan fingerprint density at radius 1 is 0.222 bits per heavy atom. The molecule has 0 aromatic heterocycles. The van der Waals surface area contributed by atoms with E-state index in [1.54, 1.807) is 0 Å². The molecule has 10 nitrogen and oxygen atoms in total. The highest BCUT2D eigenvalue weighted by Crippen LogP contribution is 2.39. The van der Waals surface area contributed by atoms with Crippen molar-refractivity contribution in [1.29, 1.82) is 0 Å². The van der Waals surface area contributed by atoms with Crippen LogP contribution >= 0.6 is 0 Å². The summed E-state index contributed by atoms with van der Waals surface area (Å²) in [5, 5.41) is 0. The molecule has 2 aliphatic heterocycles. The van der Waals surface area contributed by atoms with Crippen molar-refractivity contribution >= 4 is 0 Å². The number of para-hydroxylation sites is 4. The molecule has 10 heteroatoms. The average molecular weight is 741 g/mol. The zero-order valence-electron chi connectivity index (χ0n) is 31.2. The molecule has 288 valence electrons. The minimum Gasteiger partial charge on any atom is -0.491 e. The second-order valence-electron chi connectivity index (χ2n) is 13.4. The fourth-order valence-electron chi connectivity index (χ4n) is 7.12. The molecule has 4 aromatic carbocycles. The lowest BCUT2D eigenvalue weighted by Gasteiger charge is -2.23. The number of hydrogen-bond donors (Lipinski definition) is 0. The molecular weight excluding hydrogens is 688 g/mol. The summed E-state index contributed by atoms with van der Waals surface area (Å²) in [6, 6.07) is 25.7. The van der Waals surface area contributed by atoms with Crippen molar-refractivity contribution in [3.8, 4) is 23.0 Å². The maximum atomic E-state index is 6.65. The van der Waals surface area contributed by atoms with Crippen molar-refractivity contribution in [1.82, 2.24) is 0 Å². The lowest BCUT2D eigenvalue weighted by Crippen LogP contribution is -2.17. The van der Waals surface area contributed by atoms with E-state index >= 15 is 0 Å². The topological polar surface area (TPSA) is 92.3 Å². The monoisotopic (exact) mass is 740 g/mol. The molecule has 0 unspecified atom stereocenters. The summed E-state index contributed by atoms with van der Waals surface area (Å²) in [4.78, 5) is 0. The quantitative estimate of drug-likeness (QED) is 0.188. The summed E-state index contributed by atoms with van der Waals surface area (Å²) in [7, 11) is 0. The summed E-state index contributed by atoms with van der Waals surface area (Å²) in [6.07, 6.45) is 2.45. The van der Waals surface area contributed by atoms with Gasteiger partial charge in [-0.25, -0.2) is 0 Å². The molecule has 12 bridgehead atoms. The van der Waals surface area contributed by atoms with Gasteiger partial charge in [-0.3, -0.25) is 0 Å². The molecule has 0 saturated carbocycles. The van der Waals surface area contributed by atoms with Gasteiger partial charge in [-0.2, -0.15) is 0 Å². The van der Waals surface area contributed by atoms with Gasteiger partial charge in [-0.05, 0) is 44.5 Å². The van der Waals surface area contributed by atoms with E-state index in [9.17, 15) is 0 Å². The fraction of sp³-hybridized carbons (Fsp3) is 0.455. The van der Waals surface area contributed by atoms with Gasteiger partial charge in [0.2, 0.25) is 0 Å². The SMILES string of the molecule is c1cc2c3c(c1)Cc1cccc4c1OCCOCCOCCOCCOc1c(cccc1Cc1cccc(c1OCCOCCOCCOCCO3)C2)C4. The third-order valence-corrected chi connectivity index (χ3v) is 9.62. The van der Waals surface area contributed by atoms with Crippen molar-refractivity contribution in [2.24, 2.45) is 0 Å². The van der Waals surface area contributed by atoms with Gasteiger partial charge in [-0.15, -0.1) is 0 Å². The van der Waals surface area contributed by atoms with Crippen LogP contribution in [0.4, 0.5) is 0 Å². The number of hydrogen-bond acceptors (Lipinski definition) is 10. The van der Waals surface area contributed by atoms with Crippen LogP contribution in [0.15, 0.2) is 72.8 Å². The van der Waals surface area contributed by atoms with Crippen LogP contribution in [0.25, 0.3) is 0 Å². The molecular formula is C44H52O10. The third-order valence-electron chi connectivity index (χ3n) is 9.62. The van der Waals surface area contributed by atoms with Crippen LogP contribution < -0.4 is 18.9 Å². The first-order valence-corrected chi connectivity index (χ1v) is 19.2. The fourth-order valence-corrected chi connectivity index (χ4v) is 7.12. The van der Waals surface area contributed by atoms with Crippen molar-refractivity contribution in [3.63, 3.8) is 0 Å². The van der Waals surface area contributed by atoms with Crippen molar-refractivity contribution in [2.45, 2.75) is 25.7 Å². The van der Waals surface area contributed by atoms with Gasteiger partial charge in [0.15, 0.2) is 0 Å². The van der Waals surface area contributed by atoms with Gasteiger partial charge in [0.1, 0.15) is 49.4 Å². The first-order valence-electron chi connectivity index (χ1n) is 19.2. The average Bonchev–Trinajstić information content (AvgIpc) is 3.17. The summed E-state index contributed by atoms with van der Waals surface area (Å²) in [5.74, 6) is 3.42. The molecule has 4 aromatic rings. The van der Waals surface area contributed by atoms with E-state index < -0.39 is 0 Å². The van der Waals surface area contributed by atoms with Crippen molar-refractivity contribution in [3.05, 3.63) is 117 Å². The molecule has 0 saturated heterocycles. The van der Waals surface area contributed by atoms with E-state index in [-0.39, 0.29) is 0 Å². The molecule has 3 aliphatic rings. The number of ether oxygens (including phenoxy) is 10. The van der Waals surface area contributed by atoms with Crippen LogP contribution in [0.5, 0.6) is 23.0 Å². The van der Waals surface area contributed by atoms with Gasteiger partial charge in [0.05, 0.1) is 79.3 Å². The maximum absolute atomic E-state index is 6.65. The Morgan fingerprint density at radius 3 is 0.574 bits per heavy atom. The molecule has 0 spiro atoms. The van der Waals surface area contributed by atoms with E-state index in [4.69, 9.17) is 47.4 Å². The highest BCUT2D eigenvalue weighted by atomic mass is 16.6. The third kappa shape index (κ3) is 10.5. The van der Waals surface area contributed by atoms with Crippen LogP contribution in [0.2, 0.25) is 0 Å². The van der Waals surface area contributed by atoms with E-state index in [1.165, 1.54) is 0 Å². The minimum absolute atomic E-state index is 0.406. The van der Waals surface area contributed by atoms with E-state index in [0.29, 0.717) is 131 Å². The van der Waals surface area contributed by atoms with Crippen molar-refractivity contribution in [2.75, 3.05) is 106 Å². The van der Waals surface area contributed by atoms with Crippen molar-refractivity contribution < 1.29 is 47.4 Å². The minimum atomic E-state index is 0.406. The Hall–Kier alpha value is -4.16.